The van der Waals surface area contributed by atoms with E-state index < -0.39 is 5.97 Å². The fourth-order valence-electron chi connectivity index (χ4n) is 1.81. The number of aromatic carboxylic acids is 1. The molecule has 0 spiro atoms. The first-order valence-electron chi connectivity index (χ1n) is 6.23. The third-order valence-electron chi connectivity index (χ3n) is 3.00. The Labute approximate surface area is 111 Å². The molecular weight excluding hydrogens is 246 g/mol. The molecule has 6 nitrogen and oxygen atoms in total. The minimum atomic E-state index is -1.03. The summed E-state index contributed by atoms with van der Waals surface area (Å²) >= 11 is 0. The van der Waals surface area contributed by atoms with Gasteiger partial charge < -0.3 is 21.5 Å². The van der Waals surface area contributed by atoms with Gasteiger partial charge >= 0.3 is 5.97 Å². The van der Waals surface area contributed by atoms with Crippen LogP contribution in [0, 0.1) is 5.92 Å². The molecule has 1 amide bonds. The third kappa shape index (κ3) is 3.37. The van der Waals surface area contributed by atoms with Crippen LogP contribution < -0.4 is 16.4 Å². The summed E-state index contributed by atoms with van der Waals surface area (Å²) < 4.78 is 0. The second-order valence-electron chi connectivity index (χ2n) is 4.57. The second kappa shape index (κ2) is 5.60. The molecule has 19 heavy (non-hydrogen) atoms. The van der Waals surface area contributed by atoms with Crippen molar-refractivity contribution in [2.45, 2.75) is 12.8 Å². The fraction of sp³-hybridized carbons (Fsp3) is 0.385. The Morgan fingerprint density at radius 1 is 1.32 bits per heavy atom. The Morgan fingerprint density at radius 3 is 2.68 bits per heavy atom. The van der Waals surface area contributed by atoms with Crippen LogP contribution in [0.1, 0.15) is 23.2 Å². The largest absolute Gasteiger partial charge is 0.478 e. The number of carbonyl (C=O) groups is 2. The zero-order valence-electron chi connectivity index (χ0n) is 10.5. The topological polar surface area (TPSA) is 104 Å². The maximum absolute atomic E-state index is 11.4. The van der Waals surface area contributed by atoms with Crippen LogP contribution in [0.5, 0.6) is 0 Å². The van der Waals surface area contributed by atoms with Crippen LogP contribution in [0.15, 0.2) is 18.2 Å². The number of carbonyl (C=O) groups excluding carboxylic acids is 1. The van der Waals surface area contributed by atoms with Crippen molar-refractivity contribution in [3.05, 3.63) is 23.8 Å². The average molecular weight is 263 g/mol. The van der Waals surface area contributed by atoms with Gasteiger partial charge in [-0.3, -0.25) is 4.79 Å². The van der Waals surface area contributed by atoms with E-state index in [1.54, 1.807) is 12.1 Å². The van der Waals surface area contributed by atoms with Crippen LogP contribution in [0.4, 0.5) is 11.4 Å². The number of nitrogens with one attached hydrogen (secondary N) is 2. The predicted octanol–water partition coefficient (Wildman–Crippen LogP) is 0.905. The van der Waals surface area contributed by atoms with Gasteiger partial charge in [0.15, 0.2) is 0 Å². The van der Waals surface area contributed by atoms with E-state index in [1.807, 2.05) is 0 Å². The summed E-state index contributed by atoms with van der Waals surface area (Å²) in [5, 5.41) is 14.8. The number of carboxylic acid groups (broad SMARTS) is 1. The van der Waals surface area contributed by atoms with E-state index in [2.05, 4.69) is 10.6 Å². The fourth-order valence-corrected chi connectivity index (χ4v) is 1.81. The Bertz CT molecular complexity index is 498. The zero-order chi connectivity index (χ0) is 13.8. The first kappa shape index (κ1) is 13.2. The summed E-state index contributed by atoms with van der Waals surface area (Å²) in [6, 6.07) is 4.72. The smallest absolute Gasteiger partial charge is 0.337 e. The molecule has 0 saturated heterocycles. The monoisotopic (exact) mass is 263 g/mol. The first-order valence-corrected chi connectivity index (χ1v) is 6.23. The molecule has 1 aliphatic carbocycles. The number of carboxylic acids is 1. The maximum atomic E-state index is 11.4. The second-order valence-corrected chi connectivity index (χ2v) is 4.57. The molecule has 102 valence electrons. The van der Waals surface area contributed by atoms with Crippen molar-refractivity contribution in [2.75, 3.05) is 24.1 Å². The van der Waals surface area contributed by atoms with Crippen LogP contribution in [0.25, 0.3) is 0 Å². The number of nitrogens with two attached hydrogens (primary N) is 1. The van der Waals surface area contributed by atoms with Gasteiger partial charge in [0.05, 0.1) is 16.9 Å². The van der Waals surface area contributed by atoms with Gasteiger partial charge in [-0.15, -0.1) is 0 Å². The number of hydrogen-bond donors (Lipinski definition) is 4. The maximum Gasteiger partial charge on any atom is 0.337 e. The Kier molecular flexibility index (Phi) is 3.89. The molecule has 2 rings (SSSR count). The molecule has 1 aromatic rings. The molecule has 0 heterocycles. The van der Waals surface area contributed by atoms with Crippen LogP contribution >= 0.6 is 0 Å². The van der Waals surface area contributed by atoms with Gasteiger partial charge in [-0.1, -0.05) is 6.07 Å². The van der Waals surface area contributed by atoms with Gasteiger partial charge in [-0.2, -0.15) is 0 Å². The lowest BCUT2D eigenvalue weighted by Crippen LogP contribution is -2.30. The number of amides is 1. The third-order valence-corrected chi connectivity index (χ3v) is 3.00. The van der Waals surface area contributed by atoms with E-state index in [-0.39, 0.29) is 17.4 Å². The standard InChI is InChI=1S/C13H17N3O3/c14-10-3-1-2-9(13(18)19)11(10)15-6-7-16-12(17)8-4-5-8/h1-3,8,15H,4-7,14H2,(H,16,17)(H,18,19). The lowest BCUT2D eigenvalue weighted by Gasteiger charge is -2.12. The van der Waals surface area contributed by atoms with Gasteiger partial charge in [0.1, 0.15) is 0 Å². The van der Waals surface area contributed by atoms with E-state index in [9.17, 15) is 9.59 Å². The van der Waals surface area contributed by atoms with Crippen molar-refractivity contribution in [3.63, 3.8) is 0 Å². The highest BCUT2D eigenvalue weighted by Gasteiger charge is 2.28. The minimum absolute atomic E-state index is 0.0706. The first-order chi connectivity index (χ1) is 9.09. The zero-order valence-corrected chi connectivity index (χ0v) is 10.5. The van der Waals surface area contributed by atoms with E-state index in [4.69, 9.17) is 10.8 Å². The lowest BCUT2D eigenvalue weighted by molar-refractivity contribution is -0.122. The quantitative estimate of drug-likeness (QED) is 0.451. The molecule has 1 saturated carbocycles. The highest BCUT2D eigenvalue weighted by molar-refractivity contribution is 5.97. The molecule has 1 fully saturated rings. The normalized spacial score (nSPS) is 13.9. The van der Waals surface area contributed by atoms with Gasteiger partial charge in [0.2, 0.25) is 5.91 Å². The molecule has 0 unspecified atom stereocenters. The summed E-state index contributed by atoms with van der Waals surface area (Å²) in [4.78, 5) is 22.4. The molecule has 0 aliphatic heterocycles. The summed E-state index contributed by atoms with van der Waals surface area (Å²) in [5.41, 5.74) is 6.66. The molecule has 1 aliphatic rings. The van der Waals surface area contributed by atoms with E-state index in [0.29, 0.717) is 24.5 Å². The molecule has 5 N–H and O–H groups in total. The van der Waals surface area contributed by atoms with Crippen molar-refractivity contribution in [2.24, 2.45) is 5.92 Å². The van der Waals surface area contributed by atoms with Gasteiger partial charge in [0.25, 0.3) is 0 Å². The Hall–Kier alpha value is -2.24. The molecule has 6 heteroatoms. The Morgan fingerprint density at radius 2 is 2.05 bits per heavy atom. The number of rotatable bonds is 6. The molecule has 1 aromatic carbocycles. The van der Waals surface area contributed by atoms with Crippen molar-refractivity contribution in [3.8, 4) is 0 Å². The number of anilines is 2. The van der Waals surface area contributed by atoms with Gasteiger partial charge in [-0.05, 0) is 25.0 Å². The summed E-state index contributed by atoms with van der Waals surface area (Å²) in [6.45, 7) is 0.885. The number of nitrogen functional groups attached to an aromatic ring is 1. The average Bonchev–Trinajstić information content (AvgIpc) is 3.19. The number of benzene rings is 1. The number of para-hydroxylation sites is 1. The van der Waals surface area contributed by atoms with E-state index in [0.717, 1.165) is 12.8 Å². The SMILES string of the molecule is Nc1cccc(C(=O)O)c1NCCNC(=O)C1CC1. The highest BCUT2D eigenvalue weighted by atomic mass is 16.4. The van der Waals surface area contributed by atoms with Gasteiger partial charge in [0, 0.05) is 19.0 Å². The van der Waals surface area contributed by atoms with Crippen molar-refractivity contribution in [1.29, 1.82) is 0 Å². The molecule has 0 radical (unpaired) electrons. The molecule has 0 aromatic heterocycles. The highest BCUT2D eigenvalue weighted by Crippen LogP contribution is 2.28. The summed E-state index contributed by atoms with van der Waals surface area (Å²) in [7, 11) is 0. The van der Waals surface area contributed by atoms with Crippen LogP contribution in [-0.2, 0) is 4.79 Å². The van der Waals surface area contributed by atoms with E-state index >= 15 is 0 Å². The Balaban J connectivity index is 1.88. The summed E-state index contributed by atoms with van der Waals surface area (Å²) in [6.07, 6.45) is 1.93. The van der Waals surface area contributed by atoms with E-state index in [1.165, 1.54) is 6.07 Å². The van der Waals surface area contributed by atoms with Gasteiger partial charge in [-0.25, -0.2) is 4.79 Å². The number of hydrogen-bond acceptors (Lipinski definition) is 4. The molecule has 0 atom stereocenters. The minimum Gasteiger partial charge on any atom is -0.478 e. The van der Waals surface area contributed by atoms with Crippen molar-refractivity contribution < 1.29 is 14.7 Å². The van der Waals surface area contributed by atoms with Crippen molar-refractivity contribution >= 4 is 23.3 Å². The molecular formula is C13H17N3O3. The predicted molar refractivity (Wildman–Crippen MR) is 72.0 cm³/mol. The van der Waals surface area contributed by atoms with Crippen LogP contribution in [0.2, 0.25) is 0 Å². The summed E-state index contributed by atoms with van der Waals surface area (Å²) in [5.74, 6) is -0.783. The van der Waals surface area contributed by atoms with Crippen LogP contribution in [0.3, 0.4) is 0 Å². The lowest BCUT2D eigenvalue weighted by atomic mass is 10.1. The van der Waals surface area contributed by atoms with Crippen LogP contribution in [-0.4, -0.2) is 30.1 Å². The van der Waals surface area contributed by atoms with Crippen molar-refractivity contribution in [1.82, 2.24) is 5.32 Å². The molecule has 0 bridgehead atoms.